The lowest BCUT2D eigenvalue weighted by Gasteiger charge is -2.33. The monoisotopic (exact) mass is 413 g/mol. The first-order chi connectivity index (χ1) is 14.1. The highest BCUT2D eigenvalue weighted by Gasteiger charge is 2.20. The van der Waals surface area contributed by atoms with Crippen molar-refractivity contribution in [3.8, 4) is 0 Å². The molecule has 1 aromatic heterocycles. The molecule has 0 bridgehead atoms. The Bertz CT molecular complexity index is 810. The number of nitrogens with zero attached hydrogens (tertiary/aromatic N) is 3. The molecule has 2 N–H and O–H groups in total. The maximum atomic E-state index is 12.1. The summed E-state index contributed by atoms with van der Waals surface area (Å²) in [5.41, 5.74) is 1.87. The lowest BCUT2D eigenvalue weighted by molar-refractivity contribution is 0.0827. The van der Waals surface area contributed by atoms with Gasteiger partial charge in [0.1, 0.15) is 0 Å². The fourth-order valence-corrected chi connectivity index (χ4v) is 4.31. The Morgan fingerprint density at radius 2 is 2.03 bits per heavy atom. The standard InChI is InChI=1S/C22H31N5OS/c1-23-22(25-19-10-13-27(14-11-19)20-8-5-15-29-20)24-12-9-17-6-4-7-18(16-17)21(28)26(2)3/h4-8,15-16,19H,9-14H2,1-3H3,(H2,23,24,25). The first kappa shape index (κ1) is 21.2. The van der Waals surface area contributed by atoms with Crippen LogP contribution in [0.25, 0.3) is 0 Å². The van der Waals surface area contributed by atoms with Gasteiger partial charge in [-0.15, -0.1) is 11.3 Å². The molecule has 1 amide bonds. The highest BCUT2D eigenvalue weighted by molar-refractivity contribution is 7.14. The van der Waals surface area contributed by atoms with E-state index in [-0.39, 0.29) is 5.91 Å². The summed E-state index contributed by atoms with van der Waals surface area (Å²) in [4.78, 5) is 20.6. The van der Waals surface area contributed by atoms with Crippen LogP contribution in [0.4, 0.5) is 5.00 Å². The molecule has 0 saturated carbocycles. The van der Waals surface area contributed by atoms with Crippen LogP contribution >= 0.6 is 11.3 Å². The molecule has 0 radical (unpaired) electrons. The van der Waals surface area contributed by atoms with E-state index in [1.807, 2.05) is 36.6 Å². The molecule has 2 aromatic rings. The van der Waals surface area contributed by atoms with Crippen molar-refractivity contribution in [2.24, 2.45) is 4.99 Å². The van der Waals surface area contributed by atoms with Crippen molar-refractivity contribution in [3.05, 3.63) is 52.9 Å². The van der Waals surface area contributed by atoms with Gasteiger partial charge in [-0.3, -0.25) is 9.79 Å². The van der Waals surface area contributed by atoms with E-state index >= 15 is 0 Å². The molecular weight excluding hydrogens is 382 g/mol. The number of hydrogen-bond donors (Lipinski definition) is 2. The summed E-state index contributed by atoms with van der Waals surface area (Å²) >= 11 is 1.81. The summed E-state index contributed by atoms with van der Waals surface area (Å²) in [5.74, 6) is 0.881. The Kier molecular flexibility index (Phi) is 7.52. The van der Waals surface area contributed by atoms with Gasteiger partial charge >= 0.3 is 0 Å². The van der Waals surface area contributed by atoms with Gasteiger partial charge in [0.2, 0.25) is 0 Å². The van der Waals surface area contributed by atoms with Crippen LogP contribution in [0.5, 0.6) is 0 Å². The number of carbonyl (C=O) groups is 1. The molecule has 0 atom stereocenters. The Morgan fingerprint density at radius 1 is 1.24 bits per heavy atom. The van der Waals surface area contributed by atoms with Crippen LogP contribution in [0.2, 0.25) is 0 Å². The topological polar surface area (TPSA) is 60.0 Å². The molecule has 1 aliphatic heterocycles. The number of piperidine rings is 1. The fourth-order valence-electron chi connectivity index (χ4n) is 3.53. The minimum Gasteiger partial charge on any atom is -0.363 e. The van der Waals surface area contributed by atoms with Gasteiger partial charge in [0, 0.05) is 52.4 Å². The minimum atomic E-state index is 0.0335. The van der Waals surface area contributed by atoms with E-state index in [9.17, 15) is 4.79 Å². The molecule has 0 unspecified atom stereocenters. The highest BCUT2D eigenvalue weighted by Crippen LogP contribution is 2.24. The first-order valence-electron chi connectivity index (χ1n) is 10.1. The average Bonchev–Trinajstić information content (AvgIpc) is 3.28. The molecule has 1 aromatic carbocycles. The van der Waals surface area contributed by atoms with Gasteiger partial charge in [-0.2, -0.15) is 0 Å². The van der Waals surface area contributed by atoms with E-state index in [0.29, 0.717) is 6.04 Å². The molecule has 1 aliphatic rings. The second-order valence-corrected chi connectivity index (χ2v) is 8.43. The lowest BCUT2D eigenvalue weighted by atomic mass is 10.1. The van der Waals surface area contributed by atoms with Crippen molar-refractivity contribution in [3.63, 3.8) is 0 Å². The number of nitrogens with one attached hydrogen (secondary N) is 2. The van der Waals surface area contributed by atoms with Gasteiger partial charge < -0.3 is 20.4 Å². The number of carbonyl (C=O) groups excluding carboxylic acids is 1. The van der Waals surface area contributed by atoms with Crippen LogP contribution in [0.3, 0.4) is 0 Å². The molecule has 7 heteroatoms. The van der Waals surface area contributed by atoms with Gasteiger partial charge in [0.25, 0.3) is 5.91 Å². The Balaban J connectivity index is 1.43. The Labute approximate surface area is 177 Å². The Hall–Kier alpha value is -2.54. The third kappa shape index (κ3) is 5.97. The van der Waals surface area contributed by atoms with Crippen molar-refractivity contribution in [1.29, 1.82) is 0 Å². The minimum absolute atomic E-state index is 0.0335. The van der Waals surface area contributed by atoms with Crippen LogP contribution in [-0.2, 0) is 6.42 Å². The van der Waals surface area contributed by atoms with E-state index in [1.165, 1.54) is 5.00 Å². The predicted octanol–water partition coefficient (Wildman–Crippen LogP) is 2.83. The highest BCUT2D eigenvalue weighted by atomic mass is 32.1. The summed E-state index contributed by atoms with van der Waals surface area (Å²) in [6.07, 6.45) is 3.05. The summed E-state index contributed by atoms with van der Waals surface area (Å²) < 4.78 is 0. The third-order valence-corrected chi connectivity index (χ3v) is 6.09. The number of amides is 1. The summed E-state index contributed by atoms with van der Waals surface area (Å²) in [6, 6.07) is 12.6. The molecule has 3 rings (SSSR count). The number of guanidine groups is 1. The van der Waals surface area contributed by atoms with Gasteiger partial charge in [0.15, 0.2) is 5.96 Å². The third-order valence-electron chi connectivity index (χ3n) is 5.16. The van der Waals surface area contributed by atoms with Crippen LogP contribution in [0, 0.1) is 0 Å². The molecule has 1 fully saturated rings. The van der Waals surface area contributed by atoms with E-state index in [2.05, 4.69) is 44.1 Å². The number of aliphatic imine (C=N–C) groups is 1. The van der Waals surface area contributed by atoms with Crippen LogP contribution in [-0.4, -0.2) is 63.6 Å². The number of rotatable bonds is 6. The van der Waals surface area contributed by atoms with Gasteiger partial charge in [-0.25, -0.2) is 0 Å². The average molecular weight is 414 g/mol. The van der Waals surface area contributed by atoms with E-state index in [4.69, 9.17) is 0 Å². The van der Waals surface area contributed by atoms with Crippen LogP contribution in [0.15, 0.2) is 46.8 Å². The van der Waals surface area contributed by atoms with Gasteiger partial charge in [0.05, 0.1) is 5.00 Å². The molecular formula is C22H31N5OS. The quantitative estimate of drug-likeness (QED) is 0.565. The molecule has 6 nitrogen and oxygen atoms in total. The molecule has 2 heterocycles. The maximum absolute atomic E-state index is 12.1. The SMILES string of the molecule is CN=C(NCCc1cccc(C(=O)N(C)C)c1)NC1CCN(c2cccs2)CC1. The fraction of sp³-hybridized carbons (Fsp3) is 0.455. The number of anilines is 1. The van der Waals surface area contributed by atoms with E-state index < -0.39 is 0 Å². The second kappa shape index (κ2) is 10.3. The van der Waals surface area contributed by atoms with Gasteiger partial charge in [-0.1, -0.05) is 12.1 Å². The zero-order valence-corrected chi connectivity index (χ0v) is 18.3. The maximum Gasteiger partial charge on any atom is 0.253 e. The molecule has 29 heavy (non-hydrogen) atoms. The smallest absolute Gasteiger partial charge is 0.253 e. The number of benzene rings is 1. The zero-order chi connectivity index (χ0) is 20.6. The zero-order valence-electron chi connectivity index (χ0n) is 17.5. The summed E-state index contributed by atoms with van der Waals surface area (Å²) in [5, 5.41) is 10.5. The van der Waals surface area contributed by atoms with Gasteiger partial charge in [-0.05, 0) is 54.5 Å². The van der Waals surface area contributed by atoms with E-state index in [1.54, 1.807) is 19.0 Å². The van der Waals surface area contributed by atoms with Crippen LogP contribution in [0.1, 0.15) is 28.8 Å². The molecule has 0 aliphatic carbocycles. The molecule has 1 saturated heterocycles. The van der Waals surface area contributed by atoms with Crippen molar-refractivity contribution < 1.29 is 4.79 Å². The van der Waals surface area contributed by atoms with Crippen molar-refractivity contribution in [2.75, 3.05) is 45.7 Å². The van der Waals surface area contributed by atoms with Crippen LogP contribution < -0.4 is 15.5 Å². The predicted molar refractivity (Wildman–Crippen MR) is 122 cm³/mol. The van der Waals surface area contributed by atoms with Crippen molar-refractivity contribution in [2.45, 2.75) is 25.3 Å². The van der Waals surface area contributed by atoms with Crippen molar-refractivity contribution in [1.82, 2.24) is 15.5 Å². The largest absolute Gasteiger partial charge is 0.363 e. The summed E-state index contributed by atoms with van der Waals surface area (Å²) in [7, 11) is 5.36. The Morgan fingerprint density at radius 3 is 2.69 bits per heavy atom. The lowest BCUT2D eigenvalue weighted by Crippen LogP contribution is -2.49. The molecule has 0 spiro atoms. The summed E-state index contributed by atoms with van der Waals surface area (Å²) in [6.45, 7) is 2.91. The molecule has 156 valence electrons. The van der Waals surface area contributed by atoms with Crippen molar-refractivity contribution >= 4 is 28.2 Å². The number of thiophene rings is 1. The second-order valence-electron chi connectivity index (χ2n) is 7.51. The number of hydrogen-bond acceptors (Lipinski definition) is 4. The normalized spacial score (nSPS) is 15.3. The first-order valence-corrected chi connectivity index (χ1v) is 11.0. The van der Waals surface area contributed by atoms with E-state index in [0.717, 1.165) is 56.0 Å².